The van der Waals surface area contributed by atoms with Crippen molar-refractivity contribution in [2.24, 2.45) is 0 Å². The van der Waals surface area contributed by atoms with Crippen LogP contribution in [0, 0.1) is 13.8 Å². The number of hydrogen-bond donors (Lipinski definition) is 2. The van der Waals surface area contributed by atoms with E-state index in [0.717, 1.165) is 16.1 Å². The van der Waals surface area contributed by atoms with Crippen molar-refractivity contribution >= 4 is 22.6 Å². The fourth-order valence-corrected chi connectivity index (χ4v) is 3.37. The van der Waals surface area contributed by atoms with Crippen molar-refractivity contribution in [2.45, 2.75) is 13.8 Å². The number of imidazole rings is 2. The number of methoxy groups -OCH3 is 1. The standard InChI is InChI=1S/C18H16ClN5O2/c1-9-16(11-5-4-6-20-8-11)24(25)18(21-9)12-7-13(19)14-15(17(12)26-3)23-10(2)22-14/h4-8,25H,1-3H3,(H,22,23). The van der Waals surface area contributed by atoms with E-state index in [1.165, 1.54) is 0 Å². The van der Waals surface area contributed by atoms with E-state index >= 15 is 0 Å². The maximum Gasteiger partial charge on any atom is 0.180 e. The van der Waals surface area contributed by atoms with Crippen LogP contribution in [0.25, 0.3) is 33.7 Å². The summed E-state index contributed by atoms with van der Waals surface area (Å²) in [4.78, 5) is 16.2. The molecule has 0 radical (unpaired) electrons. The summed E-state index contributed by atoms with van der Waals surface area (Å²) in [6, 6.07) is 5.36. The highest BCUT2D eigenvalue weighted by atomic mass is 35.5. The molecule has 0 saturated heterocycles. The molecule has 0 atom stereocenters. The Bertz CT molecular complexity index is 1120. The van der Waals surface area contributed by atoms with E-state index in [0.29, 0.717) is 44.6 Å². The van der Waals surface area contributed by atoms with E-state index < -0.39 is 0 Å². The number of aryl methyl sites for hydroxylation is 2. The highest BCUT2D eigenvalue weighted by molar-refractivity contribution is 6.35. The molecule has 1 aromatic carbocycles. The molecule has 0 spiro atoms. The molecule has 0 unspecified atom stereocenters. The van der Waals surface area contributed by atoms with Crippen LogP contribution in [0.15, 0.2) is 30.6 Å². The zero-order valence-corrected chi connectivity index (χ0v) is 15.2. The lowest BCUT2D eigenvalue weighted by Gasteiger charge is -2.10. The van der Waals surface area contributed by atoms with E-state index in [9.17, 15) is 5.21 Å². The molecule has 3 aromatic heterocycles. The number of aromatic nitrogens is 5. The maximum absolute atomic E-state index is 10.8. The van der Waals surface area contributed by atoms with Gasteiger partial charge in [0.2, 0.25) is 0 Å². The molecule has 26 heavy (non-hydrogen) atoms. The molecule has 2 N–H and O–H groups in total. The minimum Gasteiger partial charge on any atom is -0.494 e. The van der Waals surface area contributed by atoms with Crippen molar-refractivity contribution < 1.29 is 9.94 Å². The van der Waals surface area contributed by atoms with Crippen molar-refractivity contribution in [3.63, 3.8) is 0 Å². The van der Waals surface area contributed by atoms with Gasteiger partial charge in [0.15, 0.2) is 11.6 Å². The number of aromatic amines is 1. The Labute approximate surface area is 154 Å². The SMILES string of the molecule is COc1c(-c2nc(C)c(-c3cccnc3)n2O)cc(Cl)c2nc(C)[nH]c12. The second-order valence-electron chi connectivity index (χ2n) is 5.91. The summed E-state index contributed by atoms with van der Waals surface area (Å²) in [5.41, 5.74) is 3.83. The Morgan fingerprint density at radius 2 is 2.08 bits per heavy atom. The van der Waals surface area contributed by atoms with Gasteiger partial charge in [-0.05, 0) is 32.0 Å². The van der Waals surface area contributed by atoms with Gasteiger partial charge in [-0.3, -0.25) is 4.98 Å². The summed E-state index contributed by atoms with van der Waals surface area (Å²) < 4.78 is 6.62. The van der Waals surface area contributed by atoms with Crippen molar-refractivity contribution in [1.29, 1.82) is 0 Å². The summed E-state index contributed by atoms with van der Waals surface area (Å²) in [6.45, 7) is 3.67. The van der Waals surface area contributed by atoms with Gasteiger partial charge < -0.3 is 14.9 Å². The molecule has 0 bridgehead atoms. The Hall–Kier alpha value is -3.06. The van der Waals surface area contributed by atoms with Crippen molar-refractivity contribution in [2.75, 3.05) is 7.11 Å². The minimum absolute atomic E-state index is 0.328. The Balaban J connectivity index is 2.00. The lowest BCUT2D eigenvalue weighted by Crippen LogP contribution is -2.00. The first-order valence-electron chi connectivity index (χ1n) is 7.93. The molecule has 0 aliphatic carbocycles. The van der Waals surface area contributed by atoms with E-state index in [1.54, 1.807) is 31.6 Å². The largest absolute Gasteiger partial charge is 0.494 e. The molecule has 3 heterocycles. The molecule has 0 fully saturated rings. The molecule has 0 amide bonds. The monoisotopic (exact) mass is 369 g/mol. The molecule has 4 rings (SSSR count). The van der Waals surface area contributed by atoms with E-state index in [-0.39, 0.29) is 0 Å². The van der Waals surface area contributed by atoms with Gasteiger partial charge in [-0.25, -0.2) is 9.97 Å². The molecule has 0 aliphatic heterocycles. The lowest BCUT2D eigenvalue weighted by atomic mass is 10.1. The van der Waals surface area contributed by atoms with Gasteiger partial charge >= 0.3 is 0 Å². The summed E-state index contributed by atoms with van der Waals surface area (Å²) in [5.74, 6) is 1.56. The first-order valence-corrected chi connectivity index (χ1v) is 8.31. The molecular weight excluding hydrogens is 354 g/mol. The number of fused-ring (bicyclic) bond motifs is 1. The maximum atomic E-state index is 10.8. The third-order valence-corrected chi connectivity index (χ3v) is 4.49. The van der Waals surface area contributed by atoms with Crippen LogP contribution >= 0.6 is 11.6 Å². The molecule has 7 nitrogen and oxygen atoms in total. The molecule has 4 aromatic rings. The number of pyridine rings is 1. The van der Waals surface area contributed by atoms with Crippen molar-refractivity contribution in [3.05, 3.63) is 47.1 Å². The first kappa shape index (κ1) is 16.4. The normalized spacial score (nSPS) is 11.2. The molecule has 0 saturated carbocycles. The van der Waals surface area contributed by atoms with Gasteiger partial charge in [-0.2, -0.15) is 4.73 Å². The van der Waals surface area contributed by atoms with Crippen LogP contribution in [-0.2, 0) is 0 Å². The topological polar surface area (TPSA) is 88.8 Å². The fraction of sp³-hybridized carbons (Fsp3) is 0.167. The quantitative estimate of drug-likeness (QED) is 0.533. The summed E-state index contributed by atoms with van der Waals surface area (Å²) in [5, 5.41) is 11.3. The second kappa shape index (κ2) is 6.03. The molecule has 132 valence electrons. The molecule has 0 aliphatic rings. The third kappa shape index (κ3) is 2.40. The van der Waals surface area contributed by atoms with Crippen LogP contribution in [-0.4, -0.2) is 37.0 Å². The highest BCUT2D eigenvalue weighted by Gasteiger charge is 2.23. The van der Waals surface area contributed by atoms with Crippen LogP contribution in [0.3, 0.4) is 0 Å². The van der Waals surface area contributed by atoms with Crippen LogP contribution in [0.4, 0.5) is 0 Å². The lowest BCUT2D eigenvalue weighted by molar-refractivity contribution is 0.195. The summed E-state index contributed by atoms with van der Waals surface area (Å²) >= 11 is 6.40. The minimum atomic E-state index is 0.328. The van der Waals surface area contributed by atoms with Gasteiger partial charge in [-0.15, -0.1) is 0 Å². The van der Waals surface area contributed by atoms with Crippen LogP contribution in [0.1, 0.15) is 11.5 Å². The van der Waals surface area contributed by atoms with Gasteiger partial charge in [0.25, 0.3) is 0 Å². The van der Waals surface area contributed by atoms with Gasteiger partial charge in [-0.1, -0.05) is 11.6 Å². The second-order valence-corrected chi connectivity index (χ2v) is 6.32. The molecular formula is C18H16ClN5O2. The number of nitrogens with one attached hydrogen (secondary N) is 1. The number of rotatable bonds is 3. The van der Waals surface area contributed by atoms with Crippen LogP contribution in [0.5, 0.6) is 5.75 Å². The number of benzene rings is 1. The summed E-state index contributed by atoms with van der Waals surface area (Å²) in [6.07, 6.45) is 3.35. The smallest absolute Gasteiger partial charge is 0.180 e. The van der Waals surface area contributed by atoms with Crippen LogP contribution < -0.4 is 4.74 Å². The zero-order valence-electron chi connectivity index (χ0n) is 14.4. The summed E-state index contributed by atoms with van der Waals surface area (Å²) in [7, 11) is 1.56. The van der Waals surface area contributed by atoms with E-state index in [4.69, 9.17) is 16.3 Å². The third-order valence-electron chi connectivity index (χ3n) is 4.20. The molecule has 8 heteroatoms. The zero-order chi connectivity index (χ0) is 18.4. The van der Waals surface area contributed by atoms with Crippen molar-refractivity contribution in [3.8, 4) is 28.4 Å². The average molecular weight is 370 g/mol. The number of hydrogen-bond acceptors (Lipinski definition) is 5. The van der Waals surface area contributed by atoms with Gasteiger partial charge in [0.05, 0.1) is 23.4 Å². The predicted molar refractivity (Wildman–Crippen MR) is 98.8 cm³/mol. The Morgan fingerprint density at radius 3 is 2.77 bits per heavy atom. The Kier molecular flexibility index (Phi) is 3.81. The van der Waals surface area contributed by atoms with Gasteiger partial charge in [0, 0.05) is 18.0 Å². The Morgan fingerprint density at radius 1 is 1.27 bits per heavy atom. The highest BCUT2D eigenvalue weighted by Crippen LogP contribution is 2.40. The van der Waals surface area contributed by atoms with Gasteiger partial charge in [0.1, 0.15) is 22.6 Å². The number of nitrogens with zero attached hydrogens (tertiary/aromatic N) is 4. The van der Waals surface area contributed by atoms with Crippen LogP contribution in [0.2, 0.25) is 5.02 Å². The number of H-pyrrole nitrogens is 1. The first-order chi connectivity index (χ1) is 12.5. The predicted octanol–water partition coefficient (Wildman–Crippen LogP) is 4.00. The average Bonchev–Trinajstić information content (AvgIpc) is 3.15. The number of ether oxygens (including phenoxy) is 1. The fourth-order valence-electron chi connectivity index (χ4n) is 3.13. The van der Waals surface area contributed by atoms with E-state index in [2.05, 4.69) is 19.9 Å². The van der Waals surface area contributed by atoms with E-state index in [1.807, 2.05) is 19.9 Å². The van der Waals surface area contributed by atoms with Crippen molar-refractivity contribution in [1.82, 2.24) is 24.7 Å². The number of halogens is 1.